The number of nitrogens with zero attached hydrogens (tertiary/aromatic N) is 1. The molecule has 2 aromatic heterocycles. The fourth-order valence-electron chi connectivity index (χ4n) is 1.63. The molecule has 0 saturated carbocycles. The molecule has 2 aromatic rings. The standard InChI is InChI=1S/C13H15BrN2OS/c1-7-5-6-8(18-7)11-15-10(13(2,3)4)9(14)12(17)16-11/h5-6H,1-4H3,(H,15,16,17). The average Bonchev–Trinajstić information content (AvgIpc) is 2.67. The fourth-order valence-corrected chi connectivity index (χ4v) is 3.23. The van der Waals surface area contributed by atoms with Crippen molar-refractivity contribution in [3.05, 3.63) is 37.5 Å². The van der Waals surface area contributed by atoms with Crippen LogP contribution in [0.2, 0.25) is 0 Å². The first-order valence-electron chi connectivity index (χ1n) is 5.66. The fraction of sp³-hybridized carbons (Fsp3) is 0.385. The largest absolute Gasteiger partial charge is 0.305 e. The lowest BCUT2D eigenvalue weighted by molar-refractivity contribution is 0.562. The summed E-state index contributed by atoms with van der Waals surface area (Å²) in [6, 6.07) is 4.01. The van der Waals surface area contributed by atoms with Crippen molar-refractivity contribution < 1.29 is 0 Å². The Morgan fingerprint density at radius 3 is 2.50 bits per heavy atom. The zero-order valence-electron chi connectivity index (χ0n) is 10.8. The molecule has 2 heterocycles. The maximum Gasteiger partial charge on any atom is 0.265 e. The third-order valence-corrected chi connectivity index (χ3v) is 4.29. The molecular formula is C13H15BrN2OS. The first-order valence-corrected chi connectivity index (χ1v) is 7.27. The zero-order valence-corrected chi connectivity index (χ0v) is 13.2. The molecule has 0 saturated heterocycles. The first kappa shape index (κ1) is 13.5. The van der Waals surface area contributed by atoms with Crippen molar-refractivity contribution in [1.29, 1.82) is 0 Å². The molecule has 0 aliphatic rings. The molecule has 5 heteroatoms. The van der Waals surface area contributed by atoms with Crippen LogP contribution in [0.1, 0.15) is 31.3 Å². The summed E-state index contributed by atoms with van der Waals surface area (Å²) in [5, 5.41) is 0. The second-order valence-corrected chi connectivity index (χ2v) is 7.32. The Bertz CT molecular complexity index is 637. The van der Waals surface area contributed by atoms with E-state index in [0.29, 0.717) is 10.3 Å². The van der Waals surface area contributed by atoms with Crippen LogP contribution in [0.25, 0.3) is 10.7 Å². The highest BCUT2D eigenvalue weighted by atomic mass is 79.9. The highest BCUT2D eigenvalue weighted by Gasteiger charge is 2.22. The summed E-state index contributed by atoms with van der Waals surface area (Å²) in [7, 11) is 0. The lowest BCUT2D eigenvalue weighted by atomic mass is 9.92. The molecule has 0 radical (unpaired) electrons. The van der Waals surface area contributed by atoms with E-state index in [1.165, 1.54) is 4.88 Å². The number of nitrogens with one attached hydrogen (secondary N) is 1. The van der Waals surface area contributed by atoms with Crippen LogP contribution in [-0.4, -0.2) is 9.97 Å². The molecule has 0 bridgehead atoms. The zero-order chi connectivity index (χ0) is 13.5. The molecule has 0 aliphatic heterocycles. The van der Waals surface area contributed by atoms with E-state index in [4.69, 9.17) is 0 Å². The summed E-state index contributed by atoms with van der Waals surface area (Å²) in [5.74, 6) is 0.645. The van der Waals surface area contributed by atoms with Crippen molar-refractivity contribution in [2.45, 2.75) is 33.1 Å². The van der Waals surface area contributed by atoms with Crippen LogP contribution in [0, 0.1) is 6.92 Å². The predicted octanol–water partition coefficient (Wildman–Crippen LogP) is 3.87. The van der Waals surface area contributed by atoms with Gasteiger partial charge in [-0.05, 0) is 35.0 Å². The van der Waals surface area contributed by atoms with Gasteiger partial charge in [0.15, 0.2) is 5.82 Å². The Labute approximate surface area is 118 Å². The van der Waals surface area contributed by atoms with Crippen LogP contribution < -0.4 is 5.56 Å². The topological polar surface area (TPSA) is 45.8 Å². The third kappa shape index (κ3) is 2.57. The summed E-state index contributed by atoms with van der Waals surface area (Å²) in [5.41, 5.74) is 0.483. The summed E-state index contributed by atoms with van der Waals surface area (Å²) >= 11 is 4.95. The number of thiophene rings is 1. The van der Waals surface area contributed by atoms with Crippen LogP contribution in [0.15, 0.2) is 21.4 Å². The molecule has 0 aliphatic carbocycles. The van der Waals surface area contributed by atoms with E-state index >= 15 is 0 Å². The highest BCUT2D eigenvalue weighted by molar-refractivity contribution is 9.10. The van der Waals surface area contributed by atoms with Gasteiger partial charge in [0.1, 0.15) is 4.47 Å². The van der Waals surface area contributed by atoms with Gasteiger partial charge in [-0.1, -0.05) is 20.8 Å². The van der Waals surface area contributed by atoms with E-state index in [1.54, 1.807) is 11.3 Å². The number of H-pyrrole nitrogens is 1. The van der Waals surface area contributed by atoms with E-state index in [9.17, 15) is 4.79 Å². The number of hydrogen-bond acceptors (Lipinski definition) is 3. The SMILES string of the molecule is Cc1ccc(-c2nc(C(C)(C)C)c(Br)c(=O)[nH]2)s1. The van der Waals surface area contributed by atoms with E-state index in [0.717, 1.165) is 10.6 Å². The maximum absolute atomic E-state index is 11.9. The Morgan fingerprint density at radius 1 is 1.33 bits per heavy atom. The van der Waals surface area contributed by atoms with Crippen molar-refractivity contribution >= 4 is 27.3 Å². The van der Waals surface area contributed by atoms with Crippen LogP contribution in [0.4, 0.5) is 0 Å². The smallest absolute Gasteiger partial charge is 0.265 e. The van der Waals surface area contributed by atoms with E-state index in [-0.39, 0.29) is 11.0 Å². The monoisotopic (exact) mass is 326 g/mol. The van der Waals surface area contributed by atoms with Crippen molar-refractivity contribution in [3.8, 4) is 10.7 Å². The van der Waals surface area contributed by atoms with E-state index < -0.39 is 0 Å². The summed E-state index contributed by atoms with van der Waals surface area (Å²) in [6.45, 7) is 8.17. The lowest BCUT2D eigenvalue weighted by Gasteiger charge is -2.19. The molecule has 0 fully saturated rings. The average molecular weight is 327 g/mol. The molecular weight excluding hydrogens is 312 g/mol. The number of aryl methyl sites for hydroxylation is 1. The van der Waals surface area contributed by atoms with Crippen molar-refractivity contribution in [1.82, 2.24) is 9.97 Å². The molecule has 3 nitrogen and oxygen atoms in total. The van der Waals surface area contributed by atoms with Gasteiger partial charge in [-0.25, -0.2) is 4.98 Å². The normalized spacial score (nSPS) is 11.8. The van der Waals surface area contributed by atoms with Gasteiger partial charge in [0, 0.05) is 10.3 Å². The van der Waals surface area contributed by atoms with E-state index in [1.807, 2.05) is 39.8 Å². The third-order valence-electron chi connectivity index (χ3n) is 2.55. The molecule has 1 N–H and O–H groups in total. The van der Waals surface area contributed by atoms with Gasteiger partial charge in [-0.15, -0.1) is 11.3 Å². The Balaban J connectivity index is 2.65. The van der Waals surface area contributed by atoms with Crippen LogP contribution in [-0.2, 0) is 5.41 Å². The van der Waals surface area contributed by atoms with Crippen LogP contribution in [0.5, 0.6) is 0 Å². The van der Waals surface area contributed by atoms with Gasteiger partial charge in [0.25, 0.3) is 5.56 Å². The van der Waals surface area contributed by atoms with Gasteiger partial charge >= 0.3 is 0 Å². The number of rotatable bonds is 1. The summed E-state index contributed by atoms with van der Waals surface area (Å²) < 4.78 is 0.520. The molecule has 96 valence electrons. The maximum atomic E-state index is 11.9. The Hall–Kier alpha value is -0.940. The highest BCUT2D eigenvalue weighted by Crippen LogP contribution is 2.29. The van der Waals surface area contributed by atoms with Gasteiger partial charge in [0.05, 0.1) is 10.6 Å². The lowest BCUT2D eigenvalue weighted by Crippen LogP contribution is -2.22. The van der Waals surface area contributed by atoms with Gasteiger partial charge < -0.3 is 4.98 Å². The van der Waals surface area contributed by atoms with Gasteiger partial charge in [0.2, 0.25) is 0 Å². The van der Waals surface area contributed by atoms with Crippen molar-refractivity contribution in [2.75, 3.05) is 0 Å². The number of aromatic amines is 1. The van der Waals surface area contributed by atoms with Gasteiger partial charge in [-0.2, -0.15) is 0 Å². The molecule has 0 spiro atoms. The number of halogens is 1. The minimum absolute atomic E-state index is 0.129. The molecule has 18 heavy (non-hydrogen) atoms. The molecule has 0 aromatic carbocycles. The van der Waals surface area contributed by atoms with Crippen molar-refractivity contribution in [3.63, 3.8) is 0 Å². The molecule has 0 atom stereocenters. The summed E-state index contributed by atoms with van der Waals surface area (Å²) in [6.07, 6.45) is 0. The minimum atomic E-state index is -0.172. The van der Waals surface area contributed by atoms with Crippen LogP contribution in [0.3, 0.4) is 0 Å². The van der Waals surface area contributed by atoms with Crippen LogP contribution >= 0.6 is 27.3 Å². The molecule has 2 rings (SSSR count). The second-order valence-electron chi connectivity index (χ2n) is 5.24. The van der Waals surface area contributed by atoms with Gasteiger partial charge in [-0.3, -0.25) is 4.79 Å². The Kier molecular flexibility index (Phi) is 3.47. The first-order chi connectivity index (χ1) is 8.29. The molecule has 0 unspecified atom stereocenters. The summed E-state index contributed by atoms with van der Waals surface area (Å²) in [4.78, 5) is 21.6. The number of aromatic nitrogens is 2. The second kappa shape index (κ2) is 4.63. The molecule has 0 amide bonds. The van der Waals surface area contributed by atoms with Crippen molar-refractivity contribution in [2.24, 2.45) is 0 Å². The predicted molar refractivity (Wildman–Crippen MR) is 79.3 cm³/mol. The minimum Gasteiger partial charge on any atom is -0.305 e. The van der Waals surface area contributed by atoms with E-state index in [2.05, 4.69) is 25.9 Å². The quantitative estimate of drug-likeness (QED) is 0.864. The Morgan fingerprint density at radius 2 is 2.00 bits per heavy atom. The number of hydrogen-bond donors (Lipinski definition) is 1.